The summed E-state index contributed by atoms with van der Waals surface area (Å²) >= 11 is 0. The van der Waals surface area contributed by atoms with Gasteiger partial charge in [-0.2, -0.15) is 4.39 Å². The van der Waals surface area contributed by atoms with Crippen LogP contribution in [0.25, 0.3) is 0 Å². The number of aromatic nitrogens is 1. The third-order valence-electron chi connectivity index (χ3n) is 3.44. The first-order valence-corrected chi connectivity index (χ1v) is 6.03. The topological polar surface area (TPSA) is 53.5 Å². The molecule has 19 heavy (non-hydrogen) atoms. The third-order valence-corrected chi connectivity index (χ3v) is 3.44. The van der Waals surface area contributed by atoms with Gasteiger partial charge >= 0.3 is 0 Å². The number of piperazine rings is 1. The first kappa shape index (κ1) is 13.5. The van der Waals surface area contributed by atoms with Crippen molar-refractivity contribution >= 4 is 11.8 Å². The number of likely N-dealkylation sites (N-methyl/N-ethyl adjacent to an activating group) is 1. The molecular formula is C13H16FN3O2. The van der Waals surface area contributed by atoms with E-state index in [-0.39, 0.29) is 11.5 Å². The highest BCUT2D eigenvalue weighted by Crippen LogP contribution is 2.24. The van der Waals surface area contributed by atoms with E-state index in [1.807, 2.05) is 0 Å². The van der Waals surface area contributed by atoms with Crippen LogP contribution >= 0.6 is 0 Å². The molecule has 1 aliphatic heterocycles. The Morgan fingerprint density at radius 1 is 1.42 bits per heavy atom. The summed E-state index contributed by atoms with van der Waals surface area (Å²) in [7, 11) is 1.69. The largest absolute Gasteiger partial charge is 0.342 e. The Hall–Kier alpha value is -1.98. The van der Waals surface area contributed by atoms with E-state index >= 15 is 0 Å². The van der Waals surface area contributed by atoms with Gasteiger partial charge in [0.1, 0.15) is 5.54 Å². The van der Waals surface area contributed by atoms with Gasteiger partial charge < -0.3 is 9.80 Å². The van der Waals surface area contributed by atoms with Gasteiger partial charge in [-0.05, 0) is 26.0 Å². The van der Waals surface area contributed by atoms with Gasteiger partial charge in [0.15, 0.2) is 0 Å². The van der Waals surface area contributed by atoms with Gasteiger partial charge in [0.05, 0.1) is 5.56 Å². The monoisotopic (exact) mass is 265 g/mol. The van der Waals surface area contributed by atoms with Crippen LogP contribution in [0.1, 0.15) is 24.2 Å². The lowest BCUT2D eigenvalue weighted by molar-refractivity contribution is -0.144. The summed E-state index contributed by atoms with van der Waals surface area (Å²) in [6.45, 7) is 4.15. The number of nitrogens with zero attached hydrogens (tertiary/aromatic N) is 3. The molecule has 1 aromatic rings. The zero-order valence-electron chi connectivity index (χ0n) is 11.2. The highest BCUT2D eigenvalue weighted by Gasteiger charge is 2.43. The lowest BCUT2D eigenvalue weighted by Crippen LogP contribution is -2.63. The molecule has 0 N–H and O–H groups in total. The van der Waals surface area contributed by atoms with Crippen LogP contribution in [-0.2, 0) is 4.79 Å². The number of carbonyl (C=O) groups excluding carboxylic acids is 2. The Labute approximate surface area is 111 Å². The summed E-state index contributed by atoms with van der Waals surface area (Å²) < 4.78 is 13.6. The minimum Gasteiger partial charge on any atom is -0.342 e. The van der Waals surface area contributed by atoms with E-state index in [0.717, 1.165) is 0 Å². The first-order valence-electron chi connectivity index (χ1n) is 6.03. The van der Waals surface area contributed by atoms with Crippen molar-refractivity contribution in [3.8, 4) is 0 Å². The summed E-state index contributed by atoms with van der Waals surface area (Å²) in [5.74, 6) is -1.47. The normalized spacial score (nSPS) is 18.6. The summed E-state index contributed by atoms with van der Waals surface area (Å²) in [6, 6.07) is 2.88. The van der Waals surface area contributed by atoms with E-state index in [2.05, 4.69) is 4.98 Å². The van der Waals surface area contributed by atoms with Crippen LogP contribution in [0.15, 0.2) is 18.3 Å². The van der Waals surface area contributed by atoms with Crippen molar-refractivity contribution in [2.75, 3.05) is 20.1 Å². The van der Waals surface area contributed by atoms with Crippen molar-refractivity contribution in [2.45, 2.75) is 19.4 Å². The number of amides is 2. The Balaban J connectivity index is 2.34. The standard InChI is InChI=1S/C13H16FN3O2/c1-13(2)12(19)16(3)7-8-17(13)11(18)9-5-4-6-15-10(9)14/h4-6H,7-8H2,1-3H3. The predicted molar refractivity (Wildman–Crippen MR) is 66.9 cm³/mol. The first-order chi connectivity index (χ1) is 8.85. The predicted octanol–water partition coefficient (Wildman–Crippen LogP) is 0.913. The maximum absolute atomic E-state index is 13.6. The molecular weight excluding hydrogens is 249 g/mol. The van der Waals surface area contributed by atoms with Gasteiger partial charge in [-0.1, -0.05) is 0 Å². The lowest BCUT2D eigenvalue weighted by Gasteiger charge is -2.44. The quantitative estimate of drug-likeness (QED) is 0.709. The fraction of sp³-hybridized carbons (Fsp3) is 0.462. The molecule has 0 aliphatic carbocycles. The smallest absolute Gasteiger partial charge is 0.259 e. The summed E-state index contributed by atoms with van der Waals surface area (Å²) in [4.78, 5) is 30.9. The van der Waals surface area contributed by atoms with E-state index in [4.69, 9.17) is 0 Å². The average molecular weight is 265 g/mol. The molecule has 2 amide bonds. The van der Waals surface area contributed by atoms with Crippen molar-refractivity contribution in [3.63, 3.8) is 0 Å². The van der Waals surface area contributed by atoms with Crippen molar-refractivity contribution in [2.24, 2.45) is 0 Å². The minimum atomic E-state index is -0.980. The summed E-state index contributed by atoms with van der Waals surface area (Å²) in [5.41, 5.74) is -1.08. The Kier molecular flexibility index (Phi) is 3.26. The minimum absolute atomic E-state index is 0.104. The lowest BCUT2D eigenvalue weighted by atomic mass is 9.96. The molecule has 0 aromatic carbocycles. The Morgan fingerprint density at radius 3 is 2.74 bits per heavy atom. The fourth-order valence-corrected chi connectivity index (χ4v) is 2.26. The number of carbonyl (C=O) groups is 2. The van der Waals surface area contributed by atoms with Gasteiger partial charge in [0, 0.05) is 26.3 Å². The molecule has 0 spiro atoms. The second-order valence-electron chi connectivity index (χ2n) is 5.08. The highest BCUT2D eigenvalue weighted by atomic mass is 19.1. The molecule has 0 atom stereocenters. The average Bonchev–Trinajstić information content (AvgIpc) is 2.36. The number of rotatable bonds is 1. The van der Waals surface area contributed by atoms with Gasteiger partial charge in [-0.3, -0.25) is 9.59 Å². The van der Waals surface area contributed by atoms with Crippen LogP contribution < -0.4 is 0 Å². The molecule has 6 heteroatoms. The van der Waals surface area contributed by atoms with Crippen LogP contribution in [0, 0.1) is 5.95 Å². The SMILES string of the molecule is CN1CCN(C(=O)c2cccnc2F)C(C)(C)C1=O. The van der Waals surface area contributed by atoms with Crippen molar-refractivity contribution in [1.29, 1.82) is 0 Å². The third kappa shape index (κ3) is 2.18. The molecule has 0 saturated carbocycles. The van der Waals surface area contributed by atoms with Crippen LogP contribution in [0.4, 0.5) is 4.39 Å². The van der Waals surface area contributed by atoms with Gasteiger partial charge in [0.2, 0.25) is 11.9 Å². The number of hydrogen-bond donors (Lipinski definition) is 0. The van der Waals surface area contributed by atoms with Crippen molar-refractivity contribution in [1.82, 2.24) is 14.8 Å². The maximum Gasteiger partial charge on any atom is 0.259 e. The van der Waals surface area contributed by atoms with Crippen LogP contribution in [0.5, 0.6) is 0 Å². The Bertz CT molecular complexity index is 530. The van der Waals surface area contributed by atoms with Crippen molar-refractivity contribution in [3.05, 3.63) is 29.8 Å². The van der Waals surface area contributed by atoms with Gasteiger partial charge in [-0.25, -0.2) is 4.98 Å². The molecule has 1 fully saturated rings. The number of hydrogen-bond acceptors (Lipinski definition) is 3. The second-order valence-corrected chi connectivity index (χ2v) is 5.08. The highest BCUT2D eigenvalue weighted by molar-refractivity contribution is 5.99. The zero-order valence-corrected chi connectivity index (χ0v) is 11.2. The van der Waals surface area contributed by atoms with Crippen LogP contribution in [0.2, 0.25) is 0 Å². The van der Waals surface area contributed by atoms with E-state index in [9.17, 15) is 14.0 Å². The van der Waals surface area contributed by atoms with Gasteiger partial charge in [-0.15, -0.1) is 0 Å². The van der Waals surface area contributed by atoms with Crippen LogP contribution in [0.3, 0.4) is 0 Å². The van der Waals surface area contributed by atoms with Crippen molar-refractivity contribution < 1.29 is 14.0 Å². The molecule has 2 heterocycles. The van der Waals surface area contributed by atoms with E-state index in [0.29, 0.717) is 13.1 Å². The molecule has 0 unspecified atom stereocenters. The zero-order chi connectivity index (χ0) is 14.2. The van der Waals surface area contributed by atoms with E-state index in [1.165, 1.54) is 23.2 Å². The van der Waals surface area contributed by atoms with Gasteiger partial charge in [0.25, 0.3) is 5.91 Å². The molecule has 0 bridgehead atoms. The maximum atomic E-state index is 13.6. The second kappa shape index (κ2) is 4.60. The number of pyridine rings is 1. The molecule has 5 nitrogen and oxygen atoms in total. The van der Waals surface area contributed by atoms with E-state index in [1.54, 1.807) is 25.8 Å². The Morgan fingerprint density at radius 2 is 2.11 bits per heavy atom. The molecule has 102 valence electrons. The molecule has 1 aromatic heterocycles. The summed E-state index contributed by atoms with van der Waals surface area (Å²) in [5, 5.41) is 0. The number of halogens is 1. The molecule has 1 saturated heterocycles. The molecule has 0 radical (unpaired) electrons. The van der Waals surface area contributed by atoms with E-state index < -0.39 is 17.4 Å². The molecule has 2 rings (SSSR count). The molecule has 1 aliphatic rings. The summed E-state index contributed by atoms with van der Waals surface area (Å²) in [6.07, 6.45) is 1.28. The fourth-order valence-electron chi connectivity index (χ4n) is 2.26. The van der Waals surface area contributed by atoms with Crippen LogP contribution in [-0.4, -0.2) is 52.3 Å².